The third-order valence-corrected chi connectivity index (χ3v) is 3.70. The molecule has 20 heavy (non-hydrogen) atoms. The standard InChI is InChI=1S/C15H16ClN3O/c1-11-10-20-14(12-4-2-5-13(16)8-12)9-19(11)15-17-6-3-7-18-15/h2-8,11,14H,9-10H2,1H3. The highest BCUT2D eigenvalue weighted by Crippen LogP contribution is 2.28. The Kier molecular flexibility index (Phi) is 3.85. The van der Waals surface area contributed by atoms with Gasteiger partial charge < -0.3 is 9.64 Å². The second kappa shape index (κ2) is 5.77. The van der Waals surface area contributed by atoms with Gasteiger partial charge in [0.1, 0.15) is 6.10 Å². The van der Waals surface area contributed by atoms with E-state index in [4.69, 9.17) is 16.3 Å². The van der Waals surface area contributed by atoms with E-state index in [-0.39, 0.29) is 12.1 Å². The quantitative estimate of drug-likeness (QED) is 0.851. The fourth-order valence-corrected chi connectivity index (χ4v) is 2.58. The molecule has 4 nitrogen and oxygen atoms in total. The number of hydrogen-bond donors (Lipinski definition) is 0. The number of benzene rings is 1. The second-order valence-corrected chi connectivity index (χ2v) is 5.36. The van der Waals surface area contributed by atoms with Crippen molar-refractivity contribution in [1.29, 1.82) is 0 Å². The van der Waals surface area contributed by atoms with Gasteiger partial charge in [-0.2, -0.15) is 0 Å². The molecule has 0 aliphatic carbocycles. The number of halogens is 1. The minimum absolute atomic E-state index is 0.00583. The van der Waals surface area contributed by atoms with Crippen molar-refractivity contribution in [2.24, 2.45) is 0 Å². The van der Waals surface area contributed by atoms with E-state index in [9.17, 15) is 0 Å². The van der Waals surface area contributed by atoms with Crippen molar-refractivity contribution in [2.45, 2.75) is 19.1 Å². The van der Waals surface area contributed by atoms with Gasteiger partial charge in [0.15, 0.2) is 0 Å². The molecule has 3 rings (SSSR count). The molecule has 1 fully saturated rings. The van der Waals surface area contributed by atoms with Gasteiger partial charge in [0.25, 0.3) is 0 Å². The first-order valence-corrected chi connectivity index (χ1v) is 7.02. The highest BCUT2D eigenvalue weighted by atomic mass is 35.5. The van der Waals surface area contributed by atoms with Crippen LogP contribution in [0, 0.1) is 0 Å². The van der Waals surface area contributed by atoms with Crippen LogP contribution in [0.25, 0.3) is 0 Å². The third kappa shape index (κ3) is 2.76. The molecule has 0 spiro atoms. The Morgan fingerprint density at radius 2 is 2.05 bits per heavy atom. The number of nitrogens with zero attached hydrogens (tertiary/aromatic N) is 3. The van der Waals surface area contributed by atoms with Crippen molar-refractivity contribution < 1.29 is 4.74 Å². The van der Waals surface area contributed by atoms with Crippen LogP contribution < -0.4 is 4.90 Å². The molecule has 5 heteroatoms. The van der Waals surface area contributed by atoms with Gasteiger partial charge in [-0.05, 0) is 30.7 Å². The van der Waals surface area contributed by atoms with Crippen LogP contribution in [0.2, 0.25) is 5.02 Å². The number of hydrogen-bond acceptors (Lipinski definition) is 4. The fraction of sp³-hybridized carbons (Fsp3) is 0.333. The summed E-state index contributed by atoms with van der Waals surface area (Å²) in [5.74, 6) is 0.746. The van der Waals surface area contributed by atoms with Crippen LogP contribution in [0.3, 0.4) is 0 Å². The monoisotopic (exact) mass is 289 g/mol. The second-order valence-electron chi connectivity index (χ2n) is 4.93. The van der Waals surface area contributed by atoms with Crippen molar-refractivity contribution in [1.82, 2.24) is 9.97 Å². The summed E-state index contributed by atoms with van der Waals surface area (Å²) in [6.45, 7) is 3.49. The Balaban J connectivity index is 1.83. The zero-order valence-corrected chi connectivity index (χ0v) is 12.0. The number of aromatic nitrogens is 2. The zero-order valence-electron chi connectivity index (χ0n) is 11.2. The van der Waals surface area contributed by atoms with Gasteiger partial charge in [0.05, 0.1) is 19.2 Å². The summed E-state index contributed by atoms with van der Waals surface area (Å²) in [6.07, 6.45) is 3.52. The molecule has 1 aliphatic rings. The number of ether oxygens (including phenoxy) is 1. The van der Waals surface area contributed by atoms with Gasteiger partial charge in [0.2, 0.25) is 5.95 Å². The topological polar surface area (TPSA) is 38.2 Å². The Morgan fingerprint density at radius 3 is 2.80 bits per heavy atom. The fourth-order valence-electron chi connectivity index (χ4n) is 2.38. The summed E-state index contributed by atoms with van der Waals surface area (Å²) in [4.78, 5) is 10.8. The molecule has 2 unspecified atom stereocenters. The highest BCUT2D eigenvalue weighted by molar-refractivity contribution is 6.30. The number of rotatable bonds is 2. The van der Waals surface area contributed by atoms with Gasteiger partial charge in [-0.3, -0.25) is 0 Å². The van der Waals surface area contributed by atoms with Crippen LogP contribution in [0.1, 0.15) is 18.6 Å². The number of morpholine rings is 1. The third-order valence-electron chi connectivity index (χ3n) is 3.46. The number of anilines is 1. The first kappa shape index (κ1) is 13.3. The van der Waals surface area contributed by atoms with Crippen LogP contribution in [0.15, 0.2) is 42.7 Å². The average molecular weight is 290 g/mol. The van der Waals surface area contributed by atoms with Crippen molar-refractivity contribution in [3.63, 3.8) is 0 Å². The predicted octanol–water partition coefficient (Wildman–Crippen LogP) is 3.10. The van der Waals surface area contributed by atoms with Crippen LogP contribution in [0.4, 0.5) is 5.95 Å². The van der Waals surface area contributed by atoms with E-state index in [0.717, 1.165) is 23.1 Å². The summed E-state index contributed by atoms with van der Waals surface area (Å²) in [7, 11) is 0. The van der Waals surface area contributed by atoms with Gasteiger partial charge in [0, 0.05) is 17.4 Å². The van der Waals surface area contributed by atoms with E-state index >= 15 is 0 Å². The van der Waals surface area contributed by atoms with E-state index in [0.29, 0.717) is 6.61 Å². The predicted molar refractivity (Wildman–Crippen MR) is 79.0 cm³/mol. The van der Waals surface area contributed by atoms with Crippen molar-refractivity contribution in [3.8, 4) is 0 Å². The largest absolute Gasteiger partial charge is 0.370 e. The molecule has 1 aliphatic heterocycles. The Morgan fingerprint density at radius 1 is 1.25 bits per heavy atom. The van der Waals surface area contributed by atoms with E-state index in [1.165, 1.54) is 0 Å². The molecule has 1 saturated heterocycles. The minimum atomic E-state index is -0.00583. The normalized spacial score (nSPS) is 22.8. The highest BCUT2D eigenvalue weighted by Gasteiger charge is 2.28. The van der Waals surface area contributed by atoms with E-state index in [2.05, 4.69) is 21.8 Å². The van der Waals surface area contributed by atoms with Gasteiger partial charge in [-0.15, -0.1) is 0 Å². The van der Waals surface area contributed by atoms with E-state index < -0.39 is 0 Å². The maximum atomic E-state index is 6.05. The van der Waals surface area contributed by atoms with Crippen LogP contribution in [0.5, 0.6) is 0 Å². The molecule has 0 amide bonds. The molecule has 0 radical (unpaired) electrons. The first-order valence-electron chi connectivity index (χ1n) is 6.65. The Bertz CT molecular complexity index is 578. The van der Waals surface area contributed by atoms with Crippen molar-refractivity contribution in [3.05, 3.63) is 53.3 Å². The summed E-state index contributed by atoms with van der Waals surface area (Å²) < 4.78 is 5.93. The van der Waals surface area contributed by atoms with Crippen LogP contribution in [-0.2, 0) is 4.74 Å². The molecular formula is C15H16ClN3O. The SMILES string of the molecule is CC1COC(c2cccc(Cl)c2)CN1c1ncccn1. The van der Waals surface area contributed by atoms with Gasteiger partial charge >= 0.3 is 0 Å². The molecule has 2 heterocycles. The lowest BCUT2D eigenvalue weighted by Gasteiger charge is -2.38. The maximum absolute atomic E-state index is 6.05. The van der Waals surface area contributed by atoms with Gasteiger partial charge in [-0.1, -0.05) is 23.7 Å². The molecule has 1 aromatic heterocycles. The molecule has 2 atom stereocenters. The summed E-state index contributed by atoms with van der Waals surface area (Å²) in [6, 6.07) is 9.89. The molecule has 1 aromatic carbocycles. The van der Waals surface area contributed by atoms with E-state index in [1.54, 1.807) is 12.4 Å². The zero-order chi connectivity index (χ0) is 13.9. The first-order chi connectivity index (χ1) is 9.74. The van der Waals surface area contributed by atoms with Crippen LogP contribution in [-0.4, -0.2) is 29.2 Å². The molecule has 104 valence electrons. The van der Waals surface area contributed by atoms with Crippen molar-refractivity contribution >= 4 is 17.5 Å². The lowest BCUT2D eigenvalue weighted by molar-refractivity contribution is 0.0209. The smallest absolute Gasteiger partial charge is 0.225 e. The molecule has 0 N–H and O–H groups in total. The van der Waals surface area contributed by atoms with Gasteiger partial charge in [-0.25, -0.2) is 9.97 Å². The Hall–Kier alpha value is -1.65. The molecule has 0 bridgehead atoms. The van der Waals surface area contributed by atoms with Crippen LogP contribution >= 0.6 is 11.6 Å². The minimum Gasteiger partial charge on any atom is -0.370 e. The Labute approximate surface area is 123 Å². The summed E-state index contributed by atoms with van der Waals surface area (Å²) in [5.41, 5.74) is 1.09. The lowest BCUT2D eigenvalue weighted by Crippen LogP contribution is -2.46. The summed E-state index contributed by atoms with van der Waals surface area (Å²) >= 11 is 6.05. The average Bonchev–Trinajstić information content (AvgIpc) is 2.48. The van der Waals surface area contributed by atoms with Crippen molar-refractivity contribution in [2.75, 3.05) is 18.1 Å². The molecule has 2 aromatic rings. The summed E-state index contributed by atoms with van der Waals surface area (Å²) in [5, 5.41) is 0.729. The molecular weight excluding hydrogens is 274 g/mol. The lowest BCUT2D eigenvalue weighted by atomic mass is 10.1. The maximum Gasteiger partial charge on any atom is 0.225 e. The molecule has 0 saturated carbocycles. The van der Waals surface area contributed by atoms with E-state index in [1.807, 2.05) is 30.3 Å².